The highest BCUT2D eigenvalue weighted by Crippen LogP contribution is 2.16. The molecular weight excluding hydrogens is 234 g/mol. The molecule has 0 aliphatic carbocycles. The van der Waals surface area contributed by atoms with Crippen LogP contribution in [0.5, 0.6) is 0 Å². The molecule has 0 heterocycles. The molecule has 0 aromatic heterocycles. The van der Waals surface area contributed by atoms with Crippen molar-refractivity contribution in [1.29, 1.82) is 0 Å². The van der Waals surface area contributed by atoms with Gasteiger partial charge in [0.05, 0.1) is 5.75 Å². The Kier molecular flexibility index (Phi) is 4.87. The standard InChI is InChI=1S/C13H19NO2S/c1-13(2,3)16-12(15)9-17-8-10-5-4-6-11(14)7-10/h4-7H,8-9,14H2,1-3H3. The maximum absolute atomic E-state index is 11.4. The first-order valence-electron chi connectivity index (χ1n) is 5.51. The number of hydrogen-bond acceptors (Lipinski definition) is 4. The van der Waals surface area contributed by atoms with Crippen LogP contribution in [0.15, 0.2) is 24.3 Å². The zero-order valence-electron chi connectivity index (χ0n) is 10.5. The minimum absolute atomic E-state index is 0.175. The lowest BCUT2D eigenvalue weighted by atomic mass is 10.2. The van der Waals surface area contributed by atoms with E-state index in [9.17, 15) is 4.79 Å². The van der Waals surface area contributed by atoms with E-state index in [-0.39, 0.29) is 5.97 Å². The minimum Gasteiger partial charge on any atom is -0.459 e. The van der Waals surface area contributed by atoms with Crippen LogP contribution in [0.25, 0.3) is 0 Å². The van der Waals surface area contributed by atoms with Crippen LogP contribution in [0, 0.1) is 0 Å². The summed E-state index contributed by atoms with van der Waals surface area (Å²) >= 11 is 1.53. The summed E-state index contributed by atoms with van der Waals surface area (Å²) in [5.74, 6) is 0.961. The van der Waals surface area contributed by atoms with Gasteiger partial charge < -0.3 is 10.5 Å². The number of anilines is 1. The molecule has 0 aliphatic heterocycles. The average molecular weight is 253 g/mol. The predicted octanol–water partition coefficient (Wildman–Crippen LogP) is 2.84. The number of carbonyl (C=O) groups excluding carboxylic acids is 1. The lowest BCUT2D eigenvalue weighted by Crippen LogP contribution is -2.24. The van der Waals surface area contributed by atoms with Crippen LogP contribution in [0.3, 0.4) is 0 Å². The van der Waals surface area contributed by atoms with Crippen molar-refractivity contribution in [2.75, 3.05) is 11.5 Å². The summed E-state index contributed by atoms with van der Waals surface area (Å²) in [7, 11) is 0. The Labute approximate surface area is 107 Å². The summed E-state index contributed by atoms with van der Waals surface area (Å²) in [5, 5.41) is 0. The second-order valence-corrected chi connectivity index (χ2v) is 5.81. The highest BCUT2D eigenvalue weighted by atomic mass is 32.2. The molecule has 3 nitrogen and oxygen atoms in total. The van der Waals surface area contributed by atoms with Crippen LogP contribution in [-0.4, -0.2) is 17.3 Å². The summed E-state index contributed by atoms with van der Waals surface area (Å²) in [4.78, 5) is 11.4. The van der Waals surface area contributed by atoms with Crippen molar-refractivity contribution in [2.24, 2.45) is 0 Å². The first-order chi connectivity index (χ1) is 7.87. The van der Waals surface area contributed by atoms with E-state index >= 15 is 0 Å². The highest BCUT2D eigenvalue weighted by molar-refractivity contribution is 7.99. The molecule has 17 heavy (non-hydrogen) atoms. The van der Waals surface area contributed by atoms with Crippen LogP contribution in [0.2, 0.25) is 0 Å². The Balaban J connectivity index is 2.31. The number of thioether (sulfide) groups is 1. The predicted molar refractivity (Wildman–Crippen MR) is 72.9 cm³/mol. The summed E-state index contributed by atoms with van der Waals surface area (Å²) in [5.41, 5.74) is 7.14. The molecular formula is C13H19NO2S. The largest absolute Gasteiger partial charge is 0.459 e. The smallest absolute Gasteiger partial charge is 0.316 e. The van der Waals surface area contributed by atoms with Crippen LogP contribution in [0.4, 0.5) is 5.69 Å². The number of nitrogen functional groups attached to an aromatic ring is 1. The van der Waals surface area contributed by atoms with Crippen molar-refractivity contribution >= 4 is 23.4 Å². The lowest BCUT2D eigenvalue weighted by molar-refractivity contribution is -0.151. The normalized spacial score (nSPS) is 11.2. The summed E-state index contributed by atoms with van der Waals surface area (Å²) < 4.78 is 5.21. The van der Waals surface area contributed by atoms with Crippen LogP contribution in [-0.2, 0) is 15.3 Å². The fourth-order valence-corrected chi connectivity index (χ4v) is 2.05. The third-order valence-corrected chi connectivity index (χ3v) is 2.84. The van der Waals surface area contributed by atoms with Gasteiger partial charge in [0.2, 0.25) is 0 Å². The van der Waals surface area contributed by atoms with Gasteiger partial charge in [-0.25, -0.2) is 0 Å². The van der Waals surface area contributed by atoms with E-state index in [2.05, 4.69) is 0 Å². The molecule has 0 spiro atoms. The molecule has 1 aromatic rings. The zero-order chi connectivity index (χ0) is 12.9. The highest BCUT2D eigenvalue weighted by Gasteiger charge is 2.15. The van der Waals surface area contributed by atoms with Gasteiger partial charge in [-0.1, -0.05) is 12.1 Å². The summed E-state index contributed by atoms with van der Waals surface area (Å²) in [6, 6.07) is 7.68. The second kappa shape index (κ2) is 5.96. The minimum atomic E-state index is -0.408. The molecule has 0 amide bonds. The van der Waals surface area contributed by atoms with E-state index < -0.39 is 5.60 Å². The summed E-state index contributed by atoms with van der Waals surface area (Å²) in [6.45, 7) is 5.61. The van der Waals surface area contributed by atoms with Gasteiger partial charge in [-0.3, -0.25) is 4.79 Å². The maximum atomic E-state index is 11.4. The Morgan fingerprint density at radius 1 is 1.41 bits per heavy atom. The Hall–Kier alpha value is -1.16. The van der Waals surface area contributed by atoms with Crippen molar-refractivity contribution in [3.8, 4) is 0 Å². The quantitative estimate of drug-likeness (QED) is 0.662. The SMILES string of the molecule is CC(C)(C)OC(=O)CSCc1cccc(N)c1. The van der Waals surface area contributed by atoms with Crippen molar-refractivity contribution in [1.82, 2.24) is 0 Å². The van der Waals surface area contributed by atoms with E-state index in [1.54, 1.807) is 0 Å². The van der Waals surface area contributed by atoms with Crippen LogP contribution in [0.1, 0.15) is 26.3 Å². The second-order valence-electron chi connectivity index (χ2n) is 4.82. The average Bonchev–Trinajstić information content (AvgIpc) is 2.14. The lowest BCUT2D eigenvalue weighted by Gasteiger charge is -2.19. The van der Waals surface area contributed by atoms with Crippen molar-refractivity contribution in [3.63, 3.8) is 0 Å². The van der Waals surface area contributed by atoms with Crippen molar-refractivity contribution in [2.45, 2.75) is 32.1 Å². The zero-order valence-corrected chi connectivity index (χ0v) is 11.3. The van der Waals surface area contributed by atoms with Gasteiger partial charge in [0.15, 0.2) is 0 Å². The molecule has 0 aliphatic rings. The van der Waals surface area contributed by atoms with Gasteiger partial charge in [-0.2, -0.15) is 0 Å². The topological polar surface area (TPSA) is 52.3 Å². The van der Waals surface area contributed by atoms with Crippen molar-refractivity contribution in [3.05, 3.63) is 29.8 Å². The molecule has 94 valence electrons. The van der Waals surface area contributed by atoms with Crippen LogP contribution >= 0.6 is 11.8 Å². The number of rotatable bonds is 4. The Morgan fingerprint density at radius 2 is 2.12 bits per heavy atom. The molecule has 0 saturated heterocycles. The van der Waals surface area contributed by atoms with Gasteiger partial charge in [0.25, 0.3) is 0 Å². The van der Waals surface area contributed by atoms with Gasteiger partial charge in [-0.05, 0) is 38.5 Å². The van der Waals surface area contributed by atoms with Crippen molar-refractivity contribution < 1.29 is 9.53 Å². The molecule has 0 unspecified atom stereocenters. The van der Waals surface area contributed by atoms with E-state index in [1.807, 2.05) is 45.0 Å². The fraction of sp³-hybridized carbons (Fsp3) is 0.462. The van der Waals surface area contributed by atoms with Crippen LogP contribution < -0.4 is 5.73 Å². The maximum Gasteiger partial charge on any atom is 0.316 e. The van der Waals surface area contributed by atoms with E-state index in [0.717, 1.165) is 17.0 Å². The number of nitrogens with two attached hydrogens (primary N) is 1. The molecule has 2 N–H and O–H groups in total. The van der Waals surface area contributed by atoms with Gasteiger partial charge >= 0.3 is 5.97 Å². The van der Waals surface area contributed by atoms with E-state index in [0.29, 0.717) is 5.75 Å². The molecule has 0 radical (unpaired) electrons. The number of esters is 1. The Morgan fingerprint density at radius 3 is 2.71 bits per heavy atom. The molecule has 0 atom stereocenters. The molecule has 0 bridgehead atoms. The first-order valence-corrected chi connectivity index (χ1v) is 6.66. The fourth-order valence-electron chi connectivity index (χ4n) is 1.31. The molecule has 1 rings (SSSR count). The molecule has 0 saturated carbocycles. The van der Waals surface area contributed by atoms with E-state index in [1.165, 1.54) is 11.8 Å². The molecule has 4 heteroatoms. The third kappa shape index (κ3) is 6.22. The van der Waals surface area contributed by atoms with Gasteiger partial charge in [0, 0.05) is 11.4 Å². The number of carbonyl (C=O) groups is 1. The number of ether oxygens (including phenoxy) is 1. The molecule has 0 fully saturated rings. The number of hydrogen-bond donors (Lipinski definition) is 1. The number of benzene rings is 1. The third-order valence-electron chi connectivity index (χ3n) is 1.86. The monoisotopic (exact) mass is 253 g/mol. The van der Waals surface area contributed by atoms with Gasteiger partial charge in [0.1, 0.15) is 5.60 Å². The molecule has 1 aromatic carbocycles. The van der Waals surface area contributed by atoms with E-state index in [4.69, 9.17) is 10.5 Å². The first kappa shape index (κ1) is 13.9. The van der Waals surface area contributed by atoms with Gasteiger partial charge in [-0.15, -0.1) is 11.8 Å². The summed E-state index contributed by atoms with van der Waals surface area (Å²) in [6.07, 6.45) is 0. The Bertz CT molecular complexity index is 385.